The molecule has 1 aliphatic heterocycles. The van der Waals surface area contributed by atoms with Crippen LogP contribution in [0.5, 0.6) is 11.5 Å². The summed E-state index contributed by atoms with van der Waals surface area (Å²) >= 11 is 1.28. The second kappa shape index (κ2) is 7.67. The Bertz CT molecular complexity index is 961. The molecule has 0 saturated heterocycles. The summed E-state index contributed by atoms with van der Waals surface area (Å²) in [5.41, 5.74) is 0.924. The van der Waals surface area contributed by atoms with Crippen molar-refractivity contribution in [2.45, 2.75) is 11.3 Å². The van der Waals surface area contributed by atoms with E-state index in [0.29, 0.717) is 23.8 Å². The fourth-order valence-electron chi connectivity index (χ4n) is 2.44. The number of nitrogens with one attached hydrogen (secondary N) is 1. The zero-order valence-corrected chi connectivity index (χ0v) is 14.8. The number of hydrogen-bond donors (Lipinski definition) is 1. The van der Waals surface area contributed by atoms with Gasteiger partial charge in [0, 0.05) is 4.90 Å². The highest BCUT2D eigenvalue weighted by atomic mass is 32.2. The Morgan fingerprint density at radius 2 is 1.93 bits per heavy atom. The third kappa shape index (κ3) is 4.37. The highest BCUT2D eigenvalue weighted by Gasteiger charge is 2.15. The summed E-state index contributed by atoms with van der Waals surface area (Å²) in [5.74, 6) is 1.29. The first-order valence-electron chi connectivity index (χ1n) is 8.05. The lowest BCUT2D eigenvalue weighted by atomic mass is 10.1. The van der Waals surface area contributed by atoms with Crippen LogP contribution in [-0.4, -0.2) is 28.7 Å². The van der Waals surface area contributed by atoms with E-state index in [0.717, 1.165) is 10.5 Å². The van der Waals surface area contributed by atoms with Gasteiger partial charge in [-0.1, -0.05) is 11.2 Å². The first-order valence-corrected chi connectivity index (χ1v) is 9.03. The Labute approximate surface area is 157 Å². The molecule has 1 aliphatic rings. The molecule has 138 valence electrons. The maximum atomic E-state index is 12.9. The largest absolute Gasteiger partial charge is 0.454 e. The van der Waals surface area contributed by atoms with Crippen LogP contribution >= 0.6 is 11.8 Å². The summed E-state index contributed by atoms with van der Waals surface area (Å²) in [6.07, 6.45) is 0.407. The van der Waals surface area contributed by atoms with Gasteiger partial charge in [0.05, 0.1) is 12.2 Å². The number of rotatable bonds is 6. The minimum absolute atomic E-state index is 0.0375. The van der Waals surface area contributed by atoms with E-state index in [4.69, 9.17) is 13.9 Å². The molecule has 0 bridgehead atoms. The molecule has 0 unspecified atom stereocenters. The minimum atomic E-state index is -0.315. The summed E-state index contributed by atoms with van der Waals surface area (Å²) in [5, 5.41) is 10.3. The maximum absolute atomic E-state index is 12.9. The van der Waals surface area contributed by atoms with Gasteiger partial charge in [-0.15, -0.1) is 16.9 Å². The van der Waals surface area contributed by atoms with Gasteiger partial charge in [0.25, 0.3) is 0 Å². The molecule has 7 nitrogen and oxygen atoms in total. The molecule has 0 fully saturated rings. The summed E-state index contributed by atoms with van der Waals surface area (Å²) in [6.45, 7) is 0.214. The number of thioether (sulfide) groups is 1. The van der Waals surface area contributed by atoms with Crippen molar-refractivity contribution in [3.05, 3.63) is 59.7 Å². The van der Waals surface area contributed by atoms with E-state index in [9.17, 15) is 9.18 Å². The number of carbonyl (C=O) groups is 1. The first-order chi connectivity index (χ1) is 13.2. The zero-order valence-electron chi connectivity index (χ0n) is 14.0. The quantitative estimate of drug-likeness (QED) is 0.650. The van der Waals surface area contributed by atoms with Crippen molar-refractivity contribution in [1.29, 1.82) is 0 Å². The molecule has 1 amide bonds. The Hall–Kier alpha value is -3.07. The smallest absolute Gasteiger partial charge is 0.322 e. The predicted octanol–water partition coefficient (Wildman–Crippen LogP) is 3.26. The van der Waals surface area contributed by atoms with Crippen LogP contribution in [0, 0.1) is 5.82 Å². The number of amides is 1. The third-order valence-electron chi connectivity index (χ3n) is 3.69. The van der Waals surface area contributed by atoms with Crippen molar-refractivity contribution in [3.8, 4) is 11.5 Å². The number of carbonyl (C=O) groups excluding carboxylic acids is 1. The highest BCUT2D eigenvalue weighted by molar-refractivity contribution is 8.00. The standard InChI is InChI=1S/C18H14FN3O4S/c19-12-2-4-13(5-3-12)27-9-16(23)20-18-22-21-17(26-18)8-11-1-6-14-15(7-11)25-10-24-14/h1-7H,8-10H2,(H,20,22,23). The maximum Gasteiger partial charge on any atom is 0.322 e. The van der Waals surface area contributed by atoms with Gasteiger partial charge in [0.1, 0.15) is 5.82 Å². The number of halogens is 1. The molecule has 0 radical (unpaired) electrons. The number of fused-ring (bicyclic) bond motifs is 1. The Kier molecular flexibility index (Phi) is 4.93. The van der Waals surface area contributed by atoms with Gasteiger partial charge in [-0.2, -0.15) is 0 Å². The minimum Gasteiger partial charge on any atom is -0.454 e. The number of anilines is 1. The molecule has 0 aliphatic carbocycles. The lowest BCUT2D eigenvalue weighted by molar-refractivity contribution is -0.113. The number of nitrogens with zero attached hydrogens (tertiary/aromatic N) is 2. The summed E-state index contributed by atoms with van der Waals surface area (Å²) in [7, 11) is 0. The molecule has 4 rings (SSSR count). The topological polar surface area (TPSA) is 86.5 Å². The molecule has 2 heterocycles. The van der Waals surface area contributed by atoms with Gasteiger partial charge in [-0.05, 0) is 42.0 Å². The molecule has 2 aromatic carbocycles. The van der Waals surface area contributed by atoms with Gasteiger partial charge in [-0.25, -0.2) is 4.39 Å². The van der Waals surface area contributed by atoms with Crippen LogP contribution in [0.1, 0.15) is 11.5 Å². The van der Waals surface area contributed by atoms with Crippen LogP contribution in [0.15, 0.2) is 51.8 Å². The number of hydrogen-bond acceptors (Lipinski definition) is 7. The van der Waals surface area contributed by atoms with Gasteiger partial charge in [0.15, 0.2) is 11.5 Å². The van der Waals surface area contributed by atoms with Gasteiger partial charge < -0.3 is 13.9 Å². The third-order valence-corrected chi connectivity index (χ3v) is 4.70. The van der Waals surface area contributed by atoms with Gasteiger partial charge in [0.2, 0.25) is 18.6 Å². The molecule has 27 heavy (non-hydrogen) atoms. The zero-order chi connectivity index (χ0) is 18.6. The normalized spacial score (nSPS) is 12.2. The van der Waals surface area contributed by atoms with E-state index in [1.165, 1.54) is 23.9 Å². The Balaban J connectivity index is 1.31. The van der Waals surface area contributed by atoms with Crippen LogP contribution in [0.2, 0.25) is 0 Å². The summed E-state index contributed by atoms with van der Waals surface area (Å²) in [4.78, 5) is 12.8. The summed E-state index contributed by atoms with van der Waals surface area (Å²) < 4.78 is 28.9. The fraction of sp³-hybridized carbons (Fsp3) is 0.167. The molecule has 0 atom stereocenters. The summed E-state index contributed by atoms with van der Waals surface area (Å²) in [6, 6.07) is 11.5. The van der Waals surface area contributed by atoms with E-state index in [2.05, 4.69) is 15.5 Å². The van der Waals surface area contributed by atoms with Crippen LogP contribution in [0.25, 0.3) is 0 Å². The average Bonchev–Trinajstić information content (AvgIpc) is 3.30. The van der Waals surface area contributed by atoms with E-state index >= 15 is 0 Å². The molecule has 0 saturated carbocycles. The molecular formula is C18H14FN3O4S. The van der Waals surface area contributed by atoms with Crippen LogP contribution in [0.3, 0.4) is 0 Å². The molecular weight excluding hydrogens is 373 g/mol. The Morgan fingerprint density at radius 3 is 2.78 bits per heavy atom. The lowest BCUT2D eigenvalue weighted by Gasteiger charge is -2.01. The van der Waals surface area contributed by atoms with Crippen molar-refractivity contribution in [3.63, 3.8) is 0 Å². The van der Waals surface area contributed by atoms with E-state index < -0.39 is 0 Å². The number of aromatic nitrogens is 2. The van der Waals surface area contributed by atoms with E-state index in [-0.39, 0.29) is 30.3 Å². The molecule has 9 heteroatoms. The number of ether oxygens (including phenoxy) is 2. The SMILES string of the molecule is O=C(CSc1ccc(F)cc1)Nc1nnc(Cc2ccc3c(c2)OCO3)o1. The van der Waals surface area contributed by atoms with Crippen molar-refractivity contribution in [2.24, 2.45) is 0 Å². The average molecular weight is 387 g/mol. The van der Waals surface area contributed by atoms with Crippen molar-refractivity contribution >= 4 is 23.7 Å². The molecule has 1 N–H and O–H groups in total. The molecule has 3 aromatic rings. The van der Waals surface area contributed by atoms with Crippen LogP contribution < -0.4 is 14.8 Å². The second-order valence-electron chi connectivity index (χ2n) is 5.66. The van der Waals surface area contributed by atoms with Gasteiger partial charge in [-0.3, -0.25) is 10.1 Å². The fourth-order valence-corrected chi connectivity index (χ4v) is 3.13. The predicted molar refractivity (Wildman–Crippen MR) is 95.4 cm³/mol. The second-order valence-corrected chi connectivity index (χ2v) is 6.70. The monoisotopic (exact) mass is 387 g/mol. The lowest BCUT2D eigenvalue weighted by Crippen LogP contribution is -2.14. The van der Waals surface area contributed by atoms with Crippen LogP contribution in [-0.2, 0) is 11.2 Å². The van der Waals surface area contributed by atoms with E-state index in [1.807, 2.05) is 18.2 Å². The highest BCUT2D eigenvalue weighted by Crippen LogP contribution is 2.33. The van der Waals surface area contributed by atoms with E-state index in [1.54, 1.807) is 12.1 Å². The molecule has 1 aromatic heterocycles. The number of benzene rings is 2. The first kappa shape index (κ1) is 17.3. The van der Waals surface area contributed by atoms with Crippen LogP contribution in [0.4, 0.5) is 10.4 Å². The van der Waals surface area contributed by atoms with Crippen molar-refractivity contribution in [1.82, 2.24) is 10.2 Å². The van der Waals surface area contributed by atoms with Crippen molar-refractivity contribution in [2.75, 3.05) is 17.9 Å². The molecule has 0 spiro atoms. The van der Waals surface area contributed by atoms with Gasteiger partial charge >= 0.3 is 6.01 Å². The van der Waals surface area contributed by atoms with Crippen molar-refractivity contribution < 1.29 is 23.1 Å². The Morgan fingerprint density at radius 1 is 1.11 bits per heavy atom.